The Morgan fingerprint density at radius 1 is 1.38 bits per heavy atom. The fraction of sp³-hybridized carbons (Fsp3) is 0.353. The minimum Gasteiger partial charge on any atom is -0.448 e. The van der Waals surface area contributed by atoms with Gasteiger partial charge < -0.3 is 10.1 Å². The molecule has 0 aliphatic heterocycles. The highest BCUT2D eigenvalue weighted by Gasteiger charge is 2.23. The molecule has 2 heterocycles. The maximum absolute atomic E-state index is 12.3. The number of rotatable bonds is 4. The van der Waals surface area contributed by atoms with Gasteiger partial charge in [0.2, 0.25) is 0 Å². The number of nitrogens with one attached hydrogen (secondary N) is 1. The highest BCUT2D eigenvalue weighted by atomic mass is 35.5. The first-order valence-corrected chi connectivity index (χ1v) is 8.98. The van der Waals surface area contributed by atoms with Gasteiger partial charge in [0.1, 0.15) is 4.88 Å². The number of fused-ring (bicyclic) bond motifs is 1. The van der Waals surface area contributed by atoms with Crippen LogP contribution in [0.1, 0.15) is 39.9 Å². The molecule has 0 spiro atoms. The van der Waals surface area contributed by atoms with Gasteiger partial charge in [-0.15, -0.1) is 11.3 Å². The number of amides is 1. The molecule has 0 aromatic carbocycles. The van der Waals surface area contributed by atoms with Crippen LogP contribution in [0.4, 0.5) is 5.69 Å². The summed E-state index contributed by atoms with van der Waals surface area (Å²) in [6.45, 7) is 1.53. The van der Waals surface area contributed by atoms with Crippen molar-refractivity contribution in [3.8, 4) is 0 Å². The molecule has 0 bridgehead atoms. The molecule has 1 atom stereocenters. The third-order valence-electron chi connectivity index (χ3n) is 3.87. The van der Waals surface area contributed by atoms with Crippen LogP contribution in [0, 0.1) is 0 Å². The van der Waals surface area contributed by atoms with Crippen molar-refractivity contribution in [2.45, 2.75) is 38.7 Å². The summed E-state index contributed by atoms with van der Waals surface area (Å²) in [5.74, 6) is -0.908. The van der Waals surface area contributed by atoms with Crippen LogP contribution in [0.2, 0.25) is 5.15 Å². The van der Waals surface area contributed by atoms with Crippen LogP contribution in [-0.2, 0) is 22.4 Å². The number of carbonyl (C=O) groups excluding carboxylic acids is 2. The van der Waals surface area contributed by atoms with E-state index in [2.05, 4.69) is 10.3 Å². The average molecular weight is 365 g/mol. The van der Waals surface area contributed by atoms with Gasteiger partial charge in [-0.2, -0.15) is 0 Å². The van der Waals surface area contributed by atoms with Crippen LogP contribution in [0.15, 0.2) is 24.4 Å². The number of halogens is 1. The van der Waals surface area contributed by atoms with E-state index >= 15 is 0 Å². The molecule has 1 N–H and O–H groups in total. The number of nitrogens with zero attached hydrogens (tertiary/aromatic N) is 1. The SMILES string of the molecule is CC(OC(=O)c1cc2c(s1)CCCC2)C(=O)Nc1cccnc1Cl. The Balaban J connectivity index is 1.62. The summed E-state index contributed by atoms with van der Waals surface area (Å²) in [7, 11) is 0. The van der Waals surface area contributed by atoms with Crippen molar-refractivity contribution in [1.29, 1.82) is 0 Å². The second-order valence-electron chi connectivity index (χ2n) is 5.64. The predicted octanol–water partition coefficient (Wildman–Crippen LogP) is 3.86. The van der Waals surface area contributed by atoms with Gasteiger partial charge in [-0.1, -0.05) is 11.6 Å². The smallest absolute Gasteiger partial charge is 0.349 e. The van der Waals surface area contributed by atoms with Crippen molar-refractivity contribution in [3.63, 3.8) is 0 Å². The summed E-state index contributed by atoms with van der Waals surface area (Å²) < 4.78 is 5.28. The Labute approximate surface area is 149 Å². The zero-order valence-corrected chi connectivity index (χ0v) is 14.7. The molecule has 126 valence electrons. The minimum atomic E-state index is -0.923. The van der Waals surface area contributed by atoms with Crippen molar-refractivity contribution in [2.75, 3.05) is 5.32 Å². The van der Waals surface area contributed by atoms with E-state index < -0.39 is 18.0 Å². The quantitative estimate of drug-likeness (QED) is 0.660. The van der Waals surface area contributed by atoms with Crippen LogP contribution in [0.3, 0.4) is 0 Å². The zero-order chi connectivity index (χ0) is 17.1. The largest absolute Gasteiger partial charge is 0.448 e. The summed E-state index contributed by atoms with van der Waals surface area (Å²) in [5.41, 5.74) is 1.62. The molecule has 2 aromatic rings. The lowest BCUT2D eigenvalue weighted by atomic mass is 9.99. The van der Waals surface area contributed by atoms with E-state index in [1.54, 1.807) is 12.1 Å². The van der Waals surface area contributed by atoms with Gasteiger partial charge in [0.25, 0.3) is 5.91 Å². The Kier molecular flexibility index (Phi) is 5.16. The minimum absolute atomic E-state index is 0.190. The highest BCUT2D eigenvalue weighted by Crippen LogP contribution is 2.30. The molecule has 0 saturated heterocycles. The van der Waals surface area contributed by atoms with E-state index in [4.69, 9.17) is 16.3 Å². The van der Waals surface area contributed by atoms with E-state index in [1.165, 1.54) is 34.9 Å². The van der Waals surface area contributed by atoms with Crippen LogP contribution in [-0.4, -0.2) is 23.0 Å². The van der Waals surface area contributed by atoms with Gasteiger partial charge in [0.15, 0.2) is 11.3 Å². The Morgan fingerprint density at radius 2 is 2.17 bits per heavy atom. The summed E-state index contributed by atoms with van der Waals surface area (Å²) >= 11 is 7.37. The number of thiophene rings is 1. The normalized spacial score (nSPS) is 14.6. The molecular weight excluding hydrogens is 348 g/mol. The van der Waals surface area contributed by atoms with Gasteiger partial charge in [0, 0.05) is 11.1 Å². The monoisotopic (exact) mass is 364 g/mol. The molecular formula is C17H17ClN2O3S. The number of hydrogen-bond donors (Lipinski definition) is 1. The zero-order valence-electron chi connectivity index (χ0n) is 13.2. The van der Waals surface area contributed by atoms with Crippen molar-refractivity contribution < 1.29 is 14.3 Å². The summed E-state index contributed by atoms with van der Waals surface area (Å²) in [6, 6.07) is 5.19. The number of ether oxygens (including phenoxy) is 1. The van der Waals surface area contributed by atoms with Gasteiger partial charge in [-0.05, 0) is 56.4 Å². The topological polar surface area (TPSA) is 68.3 Å². The molecule has 24 heavy (non-hydrogen) atoms. The first-order chi connectivity index (χ1) is 11.5. The third-order valence-corrected chi connectivity index (χ3v) is 5.39. The molecule has 1 aliphatic carbocycles. The lowest BCUT2D eigenvalue weighted by molar-refractivity contribution is -0.123. The van der Waals surface area contributed by atoms with Gasteiger partial charge in [0.05, 0.1) is 5.69 Å². The number of hydrogen-bond acceptors (Lipinski definition) is 5. The summed E-state index contributed by atoms with van der Waals surface area (Å²) in [4.78, 5) is 30.1. The standard InChI is InChI=1S/C17H17ClN2O3S/c1-10(16(21)20-12-6-4-8-19-15(12)18)23-17(22)14-9-11-5-2-3-7-13(11)24-14/h4,6,8-10H,2-3,5,7H2,1H3,(H,20,21). The molecule has 2 aromatic heterocycles. The van der Waals surface area contributed by atoms with Gasteiger partial charge >= 0.3 is 5.97 Å². The maximum atomic E-state index is 12.3. The second kappa shape index (κ2) is 7.32. The molecule has 5 nitrogen and oxygen atoms in total. The van der Waals surface area contributed by atoms with Crippen molar-refractivity contribution in [2.24, 2.45) is 0 Å². The summed E-state index contributed by atoms with van der Waals surface area (Å²) in [6.07, 6.45) is 4.94. The fourth-order valence-corrected chi connectivity index (χ4v) is 3.88. The summed E-state index contributed by atoms with van der Waals surface area (Å²) in [5, 5.41) is 2.80. The van der Waals surface area contributed by atoms with Crippen molar-refractivity contribution >= 4 is 40.5 Å². The van der Waals surface area contributed by atoms with E-state index in [0.29, 0.717) is 10.6 Å². The van der Waals surface area contributed by atoms with Crippen LogP contribution in [0.25, 0.3) is 0 Å². The van der Waals surface area contributed by atoms with E-state index in [-0.39, 0.29) is 5.15 Å². The molecule has 3 rings (SSSR count). The Morgan fingerprint density at radius 3 is 2.92 bits per heavy atom. The lowest BCUT2D eigenvalue weighted by Gasteiger charge is -2.13. The highest BCUT2D eigenvalue weighted by molar-refractivity contribution is 7.14. The van der Waals surface area contributed by atoms with Crippen molar-refractivity contribution in [3.05, 3.63) is 44.9 Å². The number of aromatic nitrogens is 1. The molecule has 1 aliphatic rings. The molecule has 1 amide bonds. The molecule has 7 heteroatoms. The lowest BCUT2D eigenvalue weighted by Crippen LogP contribution is -2.29. The fourth-order valence-electron chi connectivity index (χ4n) is 2.58. The predicted molar refractivity (Wildman–Crippen MR) is 93.7 cm³/mol. The number of pyridine rings is 1. The molecule has 0 fully saturated rings. The Bertz CT molecular complexity index is 751. The number of esters is 1. The van der Waals surface area contributed by atoms with Gasteiger partial charge in [-0.3, -0.25) is 4.79 Å². The average Bonchev–Trinajstić information content (AvgIpc) is 3.01. The van der Waals surface area contributed by atoms with Gasteiger partial charge in [-0.25, -0.2) is 9.78 Å². The van der Waals surface area contributed by atoms with Crippen LogP contribution < -0.4 is 5.32 Å². The number of carbonyl (C=O) groups is 2. The number of aryl methyl sites for hydroxylation is 2. The van der Waals surface area contributed by atoms with Crippen molar-refractivity contribution in [1.82, 2.24) is 4.98 Å². The van der Waals surface area contributed by atoms with E-state index in [9.17, 15) is 9.59 Å². The first kappa shape index (κ1) is 16.9. The molecule has 0 radical (unpaired) electrons. The second-order valence-corrected chi connectivity index (χ2v) is 7.14. The third kappa shape index (κ3) is 3.76. The molecule has 1 unspecified atom stereocenters. The maximum Gasteiger partial charge on any atom is 0.349 e. The first-order valence-electron chi connectivity index (χ1n) is 7.78. The van der Waals surface area contributed by atoms with E-state index in [0.717, 1.165) is 25.7 Å². The van der Waals surface area contributed by atoms with E-state index in [1.807, 2.05) is 6.07 Å². The number of anilines is 1. The Hall–Kier alpha value is -1.92. The molecule has 0 saturated carbocycles. The van der Waals surface area contributed by atoms with Crippen LogP contribution in [0.5, 0.6) is 0 Å². The van der Waals surface area contributed by atoms with Crippen LogP contribution >= 0.6 is 22.9 Å².